The van der Waals surface area contributed by atoms with Crippen molar-refractivity contribution in [2.24, 2.45) is 7.05 Å². The molecule has 0 N–H and O–H groups in total. The van der Waals surface area contributed by atoms with Crippen molar-refractivity contribution in [2.75, 3.05) is 36.0 Å². The van der Waals surface area contributed by atoms with Crippen molar-refractivity contribution in [1.29, 1.82) is 0 Å². The zero-order valence-corrected chi connectivity index (χ0v) is 17.4. The standard InChI is InChI=1S/C22H23N9/c1-29-20-17(13-26-29)21(25-14-24-20)30-9-11-31(12-10-30)22-16-3-2-4-18(16)27-19(28-22)15-5-7-23-8-6-15/h5-8,13-14H,2-4,9-12H2,1H3. The van der Waals surface area contributed by atoms with Crippen LogP contribution in [0.15, 0.2) is 37.1 Å². The van der Waals surface area contributed by atoms with Crippen LogP contribution in [0.3, 0.4) is 0 Å². The van der Waals surface area contributed by atoms with Gasteiger partial charge in [0.25, 0.3) is 0 Å². The summed E-state index contributed by atoms with van der Waals surface area (Å²) in [5.41, 5.74) is 4.41. The Labute approximate surface area is 179 Å². The number of fused-ring (bicyclic) bond motifs is 2. The van der Waals surface area contributed by atoms with Crippen LogP contribution in [0.25, 0.3) is 22.4 Å². The quantitative estimate of drug-likeness (QED) is 0.504. The Morgan fingerprint density at radius 1 is 0.871 bits per heavy atom. The van der Waals surface area contributed by atoms with Crippen LogP contribution in [0.1, 0.15) is 17.7 Å². The molecule has 0 amide bonds. The fourth-order valence-corrected chi connectivity index (χ4v) is 4.64. The summed E-state index contributed by atoms with van der Waals surface area (Å²) in [6.45, 7) is 3.55. The number of anilines is 2. The van der Waals surface area contributed by atoms with Gasteiger partial charge in [-0.2, -0.15) is 5.10 Å². The lowest BCUT2D eigenvalue weighted by atomic mass is 10.1. The second kappa shape index (κ2) is 7.26. The Balaban J connectivity index is 1.29. The largest absolute Gasteiger partial charge is 0.353 e. The molecule has 6 rings (SSSR count). The number of nitrogens with zero attached hydrogens (tertiary/aromatic N) is 9. The van der Waals surface area contributed by atoms with Crippen molar-refractivity contribution in [3.05, 3.63) is 48.3 Å². The summed E-state index contributed by atoms with van der Waals surface area (Å²) in [6, 6.07) is 3.96. The van der Waals surface area contributed by atoms with E-state index >= 15 is 0 Å². The van der Waals surface area contributed by atoms with E-state index in [4.69, 9.17) is 9.97 Å². The Kier molecular flexibility index (Phi) is 4.26. The van der Waals surface area contributed by atoms with Crippen molar-refractivity contribution in [3.8, 4) is 11.4 Å². The molecule has 1 fully saturated rings. The zero-order valence-electron chi connectivity index (χ0n) is 17.4. The highest BCUT2D eigenvalue weighted by Crippen LogP contribution is 2.32. The van der Waals surface area contributed by atoms with E-state index in [2.05, 4.69) is 29.9 Å². The molecule has 4 aromatic rings. The predicted molar refractivity (Wildman–Crippen MR) is 118 cm³/mol. The molecule has 0 aromatic carbocycles. The summed E-state index contributed by atoms with van der Waals surface area (Å²) in [5, 5.41) is 5.35. The maximum atomic E-state index is 5.02. The topological polar surface area (TPSA) is 88.8 Å². The smallest absolute Gasteiger partial charge is 0.163 e. The van der Waals surface area contributed by atoms with E-state index < -0.39 is 0 Å². The minimum Gasteiger partial charge on any atom is -0.353 e. The molecule has 31 heavy (non-hydrogen) atoms. The van der Waals surface area contributed by atoms with Gasteiger partial charge >= 0.3 is 0 Å². The first-order chi connectivity index (χ1) is 15.3. The maximum absolute atomic E-state index is 5.02. The van der Waals surface area contributed by atoms with Gasteiger partial charge in [-0.25, -0.2) is 19.9 Å². The van der Waals surface area contributed by atoms with Gasteiger partial charge in [0.2, 0.25) is 0 Å². The summed E-state index contributed by atoms with van der Waals surface area (Å²) in [5.74, 6) is 2.86. The lowest BCUT2D eigenvalue weighted by molar-refractivity contribution is 0.640. The van der Waals surface area contributed by atoms with Crippen molar-refractivity contribution in [2.45, 2.75) is 19.3 Å². The molecule has 156 valence electrons. The van der Waals surface area contributed by atoms with Gasteiger partial charge < -0.3 is 9.80 Å². The second-order valence-corrected chi connectivity index (χ2v) is 8.06. The summed E-state index contributed by atoms with van der Waals surface area (Å²) in [7, 11) is 1.91. The number of aromatic nitrogens is 7. The fourth-order valence-electron chi connectivity index (χ4n) is 4.64. The van der Waals surface area contributed by atoms with Gasteiger partial charge in [0, 0.05) is 62.4 Å². The molecule has 0 bridgehead atoms. The number of hydrogen-bond acceptors (Lipinski definition) is 8. The molecule has 0 unspecified atom stereocenters. The van der Waals surface area contributed by atoms with Gasteiger partial charge in [0.15, 0.2) is 11.5 Å². The number of hydrogen-bond donors (Lipinski definition) is 0. The van der Waals surface area contributed by atoms with Gasteiger partial charge in [0.1, 0.15) is 18.0 Å². The highest BCUT2D eigenvalue weighted by atomic mass is 15.3. The van der Waals surface area contributed by atoms with Crippen LogP contribution in [0.2, 0.25) is 0 Å². The molecule has 4 aromatic heterocycles. The number of rotatable bonds is 3. The van der Waals surface area contributed by atoms with Gasteiger partial charge in [-0.05, 0) is 31.4 Å². The van der Waals surface area contributed by atoms with Crippen LogP contribution in [0.4, 0.5) is 11.6 Å². The van der Waals surface area contributed by atoms with Crippen LogP contribution < -0.4 is 9.80 Å². The van der Waals surface area contributed by atoms with Crippen molar-refractivity contribution < 1.29 is 0 Å². The zero-order chi connectivity index (χ0) is 20.8. The van der Waals surface area contributed by atoms with Crippen LogP contribution in [0, 0.1) is 0 Å². The summed E-state index contributed by atoms with van der Waals surface area (Å²) in [6.07, 6.45) is 10.3. The number of aryl methyl sites for hydroxylation is 2. The predicted octanol–water partition coefficient (Wildman–Crippen LogP) is 2.03. The average molecular weight is 413 g/mol. The molecule has 5 heterocycles. The van der Waals surface area contributed by atoms with Crippen molar-refractivity contribution in [1.82, 2.24) is 34.7 Å². The van der Waals surface area contributed by atoms with E-state index in [0.29, 0.717) is 0 Å². The van der Waals surface area contributed by atoms with Crippen molar-refractivity contribution in [3.63, 3.8) is 0 Å². The molecule has 1 saturated heterocycles. The molecule has 0 radical (unpaired) electrons. The first kappa shape index (κ1) is 18.2. The normalized spacial score (nSPS) is 16.2. The van der Waals surface area contributed by atoms with Crippen LogP contribution in [0.5, 0.6) is 0 Å². The molecule has 0 atom stereocenters. The van der Waals surface area contributed by atoms with Crippen molar-refractivity contribution >= 4 is 22.7 Å². The molecule has 9 heteroatoms. The van der Waals surface area contributed by atoms with Gasteiger partial charge in [-0.3, -0.25) is 9.67 Å². The fraction of sp³-hybridized carbons (Fsp3) is 0.364. The Morgan fingerprint density at radius 2 is 1.65 bits per heavy atom. The monoisotopic (exact) mass is 413 g/mol. The van der Waals surface area contributed by atoms with E-state index in [1.165, 1.54) is 11.3 Å². The highest BCUT2D eigenvalue weighted by molar-refractivity contribution is 5.86. The minimum absolute atomic E-state index is 0.799. The Hall–Kier alpha value is -3.62. The van der Waals surface area contributed by atoms with E-state index in [-0.39, 0.29) is 0 Å². The van der Waals surface area contributed by atoms with Gasteiger partial charge in [0.05, 0.1) is 11.6 Å². The van der Waals surface area contributed by atoms with Gasteiger partial charge in [-0.1, -0.05) is 0 Å². The minimum atomic E-state index is 0.799. The Morgan fingerprint density at radius 3 is 2.45 bits per heavy atom. The summed E-state index contributed by atoms with van der Waals surface area (Å²) in [4.78, 5) is 27.7. The van der Waals surface area contributed by atoms with Crippen LogP contribution >= 0.6 is 0 Å². The number of piperazine rings is 1. The third-order valence-electron chi connectivity index (χ3n) is 6.24. The molecular formula is C22H23N9. The van der Waals surface area contributed by atoms with E-state index in [9.17, 15) is 0 Å². The lowest BCUT2D eigenvalue weighted by Gasteiger charge is -2.37. The first-order valence-electron chi connectivity index (χ1n) is 10.7. The SMILES string of the molecule is Cn1ncc2c(N3CCN(c4nc(-c5ccncc5)nc5c4CCC5)CC3)ncnc21. The summed E-state index contributed by atoms with van der Waals surface area (Å²) >= 11 is 0. The molecule has 1 aliphatic heterocycles. The van der Waals surface area contributed by atoms with E-state index in [1.807, 2.05) is 25.4 Å². The molecule has 9 nitrogen and oxygen atoms in total. The van der Waals surface area contributed by atoms with Crippen LogP contribution in [-0.4, -0.2) is 60.9 Å². The first-order valence-corrected chi connectivity index (χ1v) is 10.7. The van der Waals surface area contributed by atoms with E-state index in [0.717, 1.165) is 79.5 Å². The summed E-state index contributed by atoms with van der Waals surface area (Å²) < 4.78 is 1.79. The number of pyridine rings is 1. The average Bonchev–Trinajstić information content (AvgIpc) is 3.46. The molecule has 2 aliphatic rings. The molecule has 1 aliphatic carbocycles. The molecule has 0 spiro atoms. The lowest BCUT2D eigenvalue weighted by Crippen LogP contribution is -2.47. The second-order valence-electron chi connectivity index (χ2n) is 8.06. The van der Waals surface area contributed by atoms with E-state index in [1.54, 1.807) is 23.4 Å². The third kappa shape index (κ3) is 3.08. The maximum Gasteiger partial charge on any atom is 0.163 e. The van der Waals surface area contributed by atoms with Crippen LogP contribution in [-0.2, 0) is 19.9 Å². The van der Waals surface area contributed by atoms with Gasteiger partial charge in [-0.15, -0.1) is 0 Å². The highest BCUT2D eigenvalue weighted by Gasteiger charge is 2.27. The molecule has 0 saturated carbocycles. The molecular weight excluding hydrogens is 390 g/mol. The Bertz CT molecular complexity index is 1240. The third-order valence-corrected chi connectivity index (χ3v) is 6.24.